The summed E-state index contributed by atoms with van der Waals surface area (Å²) >= 11 is 6.18. The molecule has 0 unspecified atom stereocenters. The highest BCUT2D eigenvalue weighted by Gasteiger charge is 2.18. The van der Waals surface area contributed by atoms with Crippen molar-refractivity contribution in [2.45, 2.75) is 19.9 Å². The van der Waals surface area contributed by atoms with Gasteiger partial charge in [0.25, 0.3) is 5.91 Å². The molecule has 0 aliphatic carbocycles. The first-order valence-electron chi connectivity index (χ1n) is 9.30. The van der Waals surface area contributed by atoms with Gasteiger partial charge in [0.1, 0.15) is 0 Å². The van der Waals surface area contributed by atoms with Crippen molar-refractivity contribution in [2.75, 3.05) is 36.5 Å². The maximum atomic E-state index is 12.9. The van der Waals surface area contributed by atoms with E-state index in [0.29, 0.717) is 29.5 Å². The molecule has 0 atom stereocenters. The second kappa shape index (κ2) is 7.77. The number of hydrogen-bond acceptors (Lipinski definition) is 5. The lowest BCUT2D eigenvalue weighted by Gasteiger charge is -2.30. The van der Waals surface area contributed by atoms with Crippen LogP contribution in [0.5, 0.6) is 0 Å². The Labute approximate surface area is 168 Å². The van der Waals surface area contributed by atoms with Gasteiger partial charge in [0.15, 0.2) is 5.65 Å². The van der Waals surface area contributed by atoms with Crippen molar-refractivity contribution < 1.29 is 9.53 Å². The smallest absolute Gasteiger partial charge is 0.257 e. The van der Waals surface area contributed by atoms with Gasteiger partial charge in [-0.2, -0.15) is 5.10 Å². The van der Waals surface area contributed by atoms with Crippen molar-refractivity contribution >= 4 is 39.9 Å². The Morgan fingerprint density at radius 3 is 2.75 bits per heavy atom. The van der Waals surface area contributed by atoms with Crippen molar-refractivity contribution in [1.82, 2.24) is 14.8 Å². The van der Waals surface area contributed by atoms with Crippen molar-refractivity contribution in [1.29, 1.82) is 0 Å². The number of hydrogen-bond donors (Lipinski definition) is 1. The molecular weight excluding hydrogens is 378 g/mol. The standard InChI is InChI=1S/C20H22ClN5O2/c1-13(2)26-19-14(12-23-26)9-15(11-22-19)20(27)24-17-10-16(21)3-4-18(17)25-5-7-28-8-6-25/h3-4,9-13H,5-8H2,1-2H3,(H,24,27). The summed E-state index contributed by atoms with van der Waals surface area (Å²) in [6.07, 6.45) is 3.31. The highest BCUT2D eigenvalue weighted by atomic mass is 35.5. The molecule has 1 amide bonds. The maximum absolute atomic E-state index is 12.9. The molecule has 0 saturated carbocycles. The molecule has 1 N–H and O–H groups in total. The van der Waals surface area contributed by atoms with Crippen LogP contribution in [0.25, 0.3) is 11.0 Å². The molecule has 28 heavy (non-hydrogen) atoms. The number of ether oxygens (including phenoxy) is 1. The number of amides is 1. The zero-order chi connectivity index (χ0) is 19.7. The first-order valence-corrected chi connectivity index (χ1v) is 9.67. The third kappa shape index (κ3) is 3.68. The summed E-state index contributed by atoms with van der Waals surface area (Å²) in [4.78, 5) is 19.5. The Kier molecular flexibility index (Phi) is 5.19. The van der Waals surface area contributed by atoms with Crippen molar-refractivity contribution in [3.05, 3.63) is 47.2 Å². The van der Waals surface area contributed by atoms with Gasteiger partial charge >= 0.3 is 0 Å². The quantitative estimate of drug-likeness (QED) is 0.723. The molecule has 0 spiro atoms. The molecule has 7 nitrogen and oxygen atoms in total. The number of nitrogens with one attached hydrogen (secondary N) is 1. The molecule has 1 fully saturated rings. The van der Waals surface area contributed by atoms with Gasteiger partial charge in [-0.25, -0.2) is 9.67 Å². The second-order valence-corrected chi connectivity index (χ2v) is 7.47. The Morgan fingerprint density at radius 1 is 1.21 bits per heavy atom. The van der Waals surface area contributed by atoms with Gasteiger partial charge in [0.05, 0.1) is 36.3 Å². The lowest BCUT2D eigenvalue weighted by Crippen LogP contribution is -2.36. The molecule has 8 heteroatoms. The summed E-state index contributed by atoms with van der Waals surface area (Å²) in [5.41, 5.74) is 2.85. The fourth-order valence-electron chi connectivity index (χ4n) is 3.33. The molecule has 4 rings (SSSR count). The summed E-state index contributed by atoms with van der Waals surface area (Å²) < 4.78 is 7.26. The van der Waals surface area contributed by atoms with Gasteiger partial charge in [-0.3, -0.25) is 4.79 Å². The van der Waals surface area contributed by atoms with E-state index < -0.39 is 0 Å². The van der Waals surface area contributed by atoms with Gasteiger partial charge in [-0.05, 0) is 38.1 Å². The number of morpholine rings is 1. The third-order valence-corrected chi connectivity index (χ3v) is 4.98. The van der Waals surface area contributed by atoms with Crippen LogP contribution in [0.4, 0.5) is 11.4 Å². The largest absolute Gasteiger partial charge is 0.378 e. The number of fused-ring (bicyclic) bond motifs is 1. The van der Waals surface area contributed by atoms with E-state index in [1.54, 1.807) is 18.5 Å². The topological polar surface area (TPSA) is 72.3 Å². The number of aromatic nitrogens is 3. The average Bonchev–Trinajstić information content (AvgIpc) is 3.12. The van der Waals surface area contributed by atoms with Gasteiger partial charge in [-0.1, -0.05) is 11.6 Å². The van der Waals surface area contributed by atoms with Crippen LogP contribution < -0.4 is 10.2 Å². The predicted octanol–water partition coefficient (Wildman–Crippen LogP) is 3.75. The SMILES string of the molecule is CC(C)n1ncc2cc(C(=O)Nc3cc(Cl)ccc3N3CCOCC3)cnc21. The number of nitrogens with zero attached hydrogens (tertiary/aromatic N) is 4. The number of carbonyl (C=O) groups excluding carboxylic acids is 1. The summed E-state index contributed by atoms with van der Waals surface area (Å²) in [7, 11) is 0. The van der Waals surface area contributed by atoms with Crippen molar-refractivity contribution in [2.24, 2.45) is 0 Å². The van der Waals surface area contributed by atoms with Crippen LogP contribution in [0, 0.1) is 0 Å². The van der Waals surface area contributed by atoms with Crippen LogP contribution in [0.3, 0.4) is 0 Å². The summed E-state index contributed by atoms with van der Waals surface area (Å²) in [5, 5.41) is 8.74. The first-order chi connectivity index (χ1) is 13.5. The number of rotatable bonds is 4. The highest BCUT2D eigenvalue weighted by molar-refractivity contribution is 6.31. The van der Waals surface area contributed by atoms with Gasteiger partial charge in [0.2, 0.25) is 0 Å². The van der Waals surface area contributed by atoms with E-state index in [0.717, 1.165) is 29.8 Å². The van der Waals surface area contributed by atoms with E-state index in [2.05, 4.69) is 20.3 Å². The van der Waals surface area contributed by atoms with Crippen LogP contribution in [0.2, 0.25) is 5.02 Å². The summed E-state index contributed by atoms with van der Waals surface area (Å²) in [5.74, 6) is -0.233. The molecule has 1 aliphatic heterocycles. The van der Waals surface area contributed by atoms with Crippen LogP contribution in [0.15, 0.2) is 36.7 Å². The van der Waals surface area contributed by atoms with E-state index in [9.17, 15) is 4.79 Å². The lowest BCUT2D eigenvalue weighted by atomic mass is 10.2. The average molecular weight is 400 g/mol. The van der Waals surface area contributed by atoms with E-state index in [1.807, 2.05) is 36.7 Å². The Hall–Kier alpha value is -2.64. The first kappa shape index (κ1) is 18.7. The fourth-order valence-corrected chi connectivity index (χ4v) is 3.50. The fraction of sp³-hybridized carbons (Fsp3) is 0.350. The summed E-state index contributed by atoms with van der Waals surface area (Å²) in [6.45, 7) is 6.95. The predicted molar refractivity (Wildman–Crippen MR) is 110 cm³/mol. The molecule has 3 aromatic rings. The minimum absolute atomic E-state index is 0.201. The molecule has 0 radical (unpaired) electrons. The third-order valence-electron chi connectivity index (χ3n) is 4.74. The van der Waals surface area contributed by atoms with E-state index in [1.165, 1.54) is 0 Å². The number of pyridine rings is 1. The molecule has 1 aromatic carbocycles. The molecule has 2 aromatic heterocycles. The van der Waals surface area contributed by atoms with Gasteiger partial charge in [0, 0.05) is 35.7 Å². The highest BCUT2D eigenvalue weighted by Crippen LogP contribution is 2.30. The number of benzene rings is 1. The van der Waals surface area contributed by atoms with Crippen LogP contribution in [0.1, 0.15) is 30.2 Å². The number of carbonyl (C=O) groups is 1. The van der Waals surface area contributed by atoms with Crippen LogP contribution in [-0.2, 0) is 4.74 Å². The van der Waals surface area contributed by atoms with Gasteiger partial charge in [-0.15, -0.1) is 0 Å². The zero-order valence-electron chi connectivity index (χ0n) is 15.9. The molecule has 1 aliphatic rings. The molecule has 0 bridgehead atoms. The van der Waals surface area contributed by atoms with E-state index in [-0.39, 0.29) is 11.9 Å². The van der Waals surface area contributed by atoms with Crippen LogP contribution >= 0.6 is 11.6 Å². The molecule has 1 saturated heterocycles. The molecule has 3 heterocycles. The number of anilines is 2. The molecular formula is C20H22ClN5O2. The molecule has 146 valence electrons. The van der Waals surface area contributed by atoms with Crippen LogP contribution in [-0.4, -0.2) is 47.0 Å². The van der Waals surface area contributed by atoms with E-state index in [4.69, 9.17) is 16.3 Å². The normalized spacial score (nSPS) is 14.6. The Balaban J connectivity index is 1.61. The monoisotopic (exact) mass is 399 g/mol. The maximum Gasteiger partial charge on any atom is 0.257 e. The summed E-state index contributed by atoms with van der Waals surface area (Å²) in [6, 6.07) is 7.54. The van der Waals surface area contributed by atoms with Gasteiger partial charge < -0.3 is 15.0 Å². The van der Waals surface area contributed by atoms with Crippen molar-refractivity contribution in [3.8, 4) is 0 Å². The number of halogens is 1. The lowest BCUT2D eigenvalue weighted by molar-refractivity contribution is 0.102. The Morgan fingerprint density at radius 2 is 2.00 bits per heavy atom. The van der Waals surface area contributed by atoms with Crippen molar-refractivity contribution in [3.63, 3.8) is 0 Å². The minimum atomic E-state index is -0.233. The Bertz CT molecular complexity index is 1010. The zero-order valence-corrected chi connectivity index (χ0v) is 16.6. The minimum Gasteiger partial charge on any atom is -0.378 e. The van der Waals surface area contributed by atoms with E-state index >= 15 is 0 Å². The second-order valence-electron chi connectivity index (χ2n) is 7.03.